The number of aromatic nitrogens is 2. The molecular weight excluding hydrogens is 441 g/mol. The number of ether oxygens (including phenoxy) is 1. The smallest absolute Gasteiger partial charge is 0.373 e. The van der Waals surface area contributed by atoms with Crippen molar-refractivity contribution >= 4 is 40.4 Å². The molecule has 1 aliphatic heterocycles. The molecule has 1 aromatic heterocycles. The standard InChI is InChI=1S/C21H19Cl2N5O3/c1-14-11-17(5-6-18(14)23)31-21-19(28(29)30)20(24-13-25-21)27-9-7-26(8-10-27)16-4-2-3-15(22)12-16/h2-6,11-13H,7-10H2,1H3. The molecule has 0 spiro atoms. The lowest BCUT2D eigenvalue weighted by atomic mass is 10.2. The Hall–Kier alpha value is -3.10. The van der Waals surface area contributed by atoms with Crippen LogP contribution in [0.3, 0.4) is 0 Å². The topological polar surface area (TPSA) is 84.6 Å². The highest BCUT2D eigenvalue weighted by Crippen LogP contribution is 2.37. The summed E-state index contributed by atoms with van der Waals surface area (Å²) in [5, 5.41) is 13.2. The lowest BCUT2D eigenvalue weighted by Crippen LogP contribution is -2.47. The summed E-state index contributed by atoms with van der Waals surface area (Å²) in [4.78, 5) is 23.7. The zero-order valence-electron chi connectivity index (χ0n) is 16.7. The van der Waals surface area contributed by atoms with Crippen LogP contribution in [0.4, 0.5) is 17.2 Å². The molecule has 8 nitrogen and oxygen atoms in total. The van der Waals surface area contributed by atoms with Gasteiger partial charge in [0.15, 0.2) is 0 Å². The van der Waals surface area contributed by atoms with E-state index in [1.165, 1.54) is 6.33 Å². The molecule has 0 bridgehead atoms. The summed E-state index contributed by atoms with van der Waals surface area (Å²) in [7, 11) is 0. The van der Waals surface area contributed by atoms with Crippen molar-refractivity contribution in [1.82, 2.24) is 9.97 Å². The van der Waals surface area contributed by atoms with Crippen molar-refractivity contribution in [2.45, 2.75) is 6.92 Å². The van der Waals surface area contributed by atoms with E-state index in [1.54, 1.807) is 18.2 Å². The Bertz CT molecular complexity index is 1120. The summed E-state index contributed by atoms with van der Waals surface area (Å²) in [5.41, 5.74) is 1.56. The second-order valence-electron chi connectivity index (χ2n) is 7.08. The van der Waals surface area contributed by atoms with Crippen molar-refractivity contribution in [3.05, 3.63) is 74.5 Å². The lowest BCUT2D eigenvalue weighted by Gasteiger charge is -2.36. The summed E-state index contributed by atoms with van der Waals surface area (Å²) >= 11 is 12.1. The average Bonchev–Trinajstić information content (AvgIpc) is 2.76. The van der Waals surface area contributed by atoms with Gasteiger partial charge in [-0.1, -0.05) is 29.3 Å². The van der Waals surface area contributed by atoms with Crippen LogP contribution < -0.4 is 14.5 Å². The van der Waals surface area contributed by atoms with Crippen LogP contribution in [0.5, 0.6) is 11.6 Å². The summed E-state index contributed by atoms with van der Waals surface area (Å²) in [6.07, 6.45) is 1.28. The van der Waals surface area contributed by atoms with E-state index in [-0.39, 0.29) is 17.4 Å². The predicted molar refractivity (Wildman–Crippen MR) is 121 cm³/mol. The third-order valence-electron chi connectivity index (χ3n) is 5.05. The van der Waals surface area contributed by atoms with Gasteiger partial charge in [-0.3, -0.25) is 10.1 Å². The van der Waals surface area contributed by atoms with Crippen LogP contribution in [0.25, 0.3) is 0 Å². The van der Waals surface area contributed by atoms with Crippen LogP contribution in [-0.2, 0) is 0 Å². The maximum Gasteiger partial charge on any atom is 0.373 e. The van der Waals surface area contributed by atoms with E-state index in [0.29, 0.717) is 42.0 Å². The minimum absolute atomic E-state index is 0.103. The zero-order chi connectivity index (χ0) is 22.0. The van der Waals surface area contributed by atoms with E-state index in [0.717, 1.165) is 11.3 Å². The molecule has 0 atom stereocenters. The van der Waals surface area contributed by atoms with E-state index in [9.17, 15) is 10.1 Å². The van der Waals surface area contributed by atoms with Gasteiger partial charge in [-0.15, -0.1) is 0 Å². The van der Waals surface area contributed by atoms with E-state index in [1.807, 2.05) is 36.1 Å². The number of hydrogen-bond donors (Lipinski definition) is 0. The number of aryl methyl sites for hydroxylation is 1. The highest BCUT2D eigenvalue weighted by Gasteiger charge is 2.30. The van der Waals surface area contributed by atoms with Gasteiger partial charge in [-0.2, -0.15) is 4.98 Å². The van der Waals surface area contributed by atoms with Gasteiger partial charge in [0.25, 0.3) is 0 Å². The number of halogens is 2. The minimum Gasteiger partial charge on any atom is -0.434 e. The molecule has 0 amide bonds. The third-order valence-corrected chi connectivity index (χ3v) is 5.71. The van der Waals surface area contributed by atoms with Crippen molar-refractivity contribution in [2.24, 2.45) is 0 Å². The Balaban J connectivity index is 1.57. The first-order valence-electron chi connectivity index (χ1n) is 9.61. The first-order chi connectivity index (χ1) is 14.9. The van der Waals surface area contributed by atoms with Gasteiger partial charge in [0.05, 0.1) is 4.92 Å². The van der Waals surface area contributed by atoms with Gasteiger partial charge in [-0.25, -0.2) is 4.98 Å². The van der Waals surface area contributed by atoms with E-state index >= 15 is 0 Å². The lowest BCUT2D eigenvalue weighted by molar-refractivity contribution is -0.385. The molecule has 1 saturated heterocycles. The van der Waals surface area contributed by atoms with Crippen molar-refractivity contribution < 1.29 is 9.66 Å². The van der Waals surface area contributed by atoms with E-state index in [4.69, 9.17) is 27.9 Å². The number of benzene rings is 2. The maximum absolute atomic E-state index is 11.9. The van der Waals surface area contributed by atoms with Crippen molar-refractivity contribution in [2.75, 3.05) is 36.0 Å². The van der Waals surface area contributed by atoms with Gasteiger partial charge in [0, 0.05) is 41.9 Å². The zero-order valence-corrected chi connectivity index (χ0v) is 18.2. The van der Waals surface area contributed by atoms with Crippen LogP contribution in [0.1, 0.15) is 5.56 Å². The highest BCUT2D eigenvalue weighted by atomic mass is 35.5. The fourth-order valence-corrected chi connectivity index (χ4v) is 3.76. The average molecular weight is 460 g/mol. The number of piperazine rings is 1. The number of nitro groups is 1. The molecule has 1 fully saturated rings. The molecule has 0 aliphatic carbocycles. The van der Waals surface area contributed by atoms with Crippen LogP contribution in [0.15, 0.2) is 48.8 Å². The van der Waals surface area contributed by atoms with Crippen LogP contribution in [-0.4, -0.2) is 41.1 Å². The Morgan fingerprint density at radius 2 is 1.77 bits per heavy atom. The molecule has 160 valence electrons. The summed E-state index contributed by atoms with van der Waals surface area (Å²) in [5.74, 6) is 0.556. The summed E-state index contributed by atoms with van der Waals surface area (Å²) < 4.78 is 5.74. The Morgan fingerprint density at radius 3 is 2.45 bits per heavy atom. The number of hydrogen-bond acceptors (Lipinski definition) is 7. The van der Waals surface area contributed by atoms with Gasteiger partial charge in [-0.05, 0) is 48.9 Å². The molecule has 4 rings (SSSR count). The summed E-state index contributed by atoms with van der Waals surface area (Å²) in [6, 6.07) is 12.7. The Morgan fingerprint density at radius 1 is 1.03 bits per heavy atom. The van der Waals surface area contributed by atoms with Crippen LogP contribution in [0.2, 0.25) is 10.0 Å². The first kappa shape index (κ1) is 21.1. The molecule has 2 heterocycles. The molecular formula is C21H19Cl2N5O3. The number of anilines is 2. The summed E-state index contributed by atoms with van der Waals surface area (Å²) in [6.45, 7) is 4.30. The second-order valence-corrected chi connectivity index (χ2v) is 7.92. The van der Waals surface area contributed by atoms with E-state index in [2.05, 4.69) is 14.9 Å². The Labute approximate surface area is 189 Å². The monoisotopic (exact) mass is 459 g/mol. The van der Waals surface area contributed by atoms with Gasteiger partial charge in [0.1, 0.15) is 12.1 Å². The molecule has 1 aliphatic rings. The fourth-order valence-electron chi connectivity index (χ4n) is 3.46. The predicted octanol–water partition coefficient (Wildman–Crippen LogP) is 5.12. The first-order valence-corrected chi connectivity index (χ1v) is 10.4. The molecule has 0 radical (unpaired) electrons. The molecule has 3 aromatic rings. The molecule has 0 unspecified atom stereocenters. The van der Waals surface area contributed by atoms with Crippen molar-refractivity contribution in [1.29, 1.82) is 0 Å². The molecule has 0 N–H and O–H groups in total. The highest BCUT2D eigenvalue weighted by molar-refractivity contribution is 6.31. The van der Waals surface area contributed by atoms with Gasteiger partial charge >= 0.3 is 11.6 Å². The Kier molecular flexibility index (Phi) is 6.11. The number of rotatable bonds is 5. The minimum atomic E-state index is -0.503. The largest absolute Gasteiger partial charge is 0.434 e. The molecule has 31 heavy (non-hydrogen) atoms. The quantitative estimate of drug-likeness (QED) is 0.386. The van der Waals surface area contributed by atoms with Gasteiger partial charge < -0.3 is 14.5 Å². The fraction of sp³-hybridized carbons (Fsp3) is 0.238. The molecule has 0 saturated carbocycles. The van der Waals surface area contributed by atoms with Gasteiger partial charge in [0.2, 0.25) is 5.82 Å². The van der Waals surface area contributed by atoms with E-state index < -0.39 is 4.92 Å². The van der Waals surface area contributed by atoms with Crippen LogP contribution in [0, 0.1) is 17.0 Å². The third kappa shape index (κ3) is 4.65. The molecule has 2 aromatic carbocycles. The van der Waals surface area contributed by atoms with Crippen LogP contribution >= 0.6 is 23.2 Å². The second kappa shape index (κ2) is 8.95. The molecule has 10 heteroatoms. The van der Waals surface area contributed by atoms with Crippen molar-refractivity contribution in [3.63, 3.8) is 0 Å². The maximum atomic E-state index is 11.9. The number of nitrogens with zero attached hydrogens (tertiary/aromatic N) is 5. The SMILES string of the molecule is Cc1cc(Oc2ncnc(N3CCN(c4cccc(Cl)c4)CC3)c2[N+](=O)[O-])ccc1Cl. The normalized spacial score (nSPS) is 13.9. The van der Waals surface area contributed by atoms with Crippen molar-refractivity contribution in [3.8, 4) is 11.6 Å².